The molecule has 2 aliphatic heterocycles. The second-order valence-corrected chi connectivity index (χ2v) is 8.53. The lowest BCUT2D eigenvalue weighted by Gasteiger charge is -2.38. The van der Waals surface area contributed by atoms with Crippen molar-refractivity contribution < 1.29 is 28.6 Å². The lowest BCUT2D eigenvalue weighted by atomic mass is 9.75. The molecule has 8 heteroatoms. The number of amides is 3. The van der Waals surface area contributed by atoms with E-state index in [0.29, 0.717) is 24.5 Å². The average molecular weight is 447 g/mol. The summed E-state index contributed by atoms with van der Waals surface area (Å²) in [5.41, 5.74) is -0.603. The van der Waals surface area contributed by atoms with Crippen molar-refractivity contribution in [3.63, 3.8) is 0 Å². The summed E-state index contributed by atoms with van der Waals surface area (Å²) < 4.78 is 15.7. The Morgan fingerprint density at radius 1 is 1.12 bits per heavy atom. The van der Waals surface area contributed by atoms with Gasteiger partial charge >= 0.3 is 0 Å². The van der Waals surface area contributed by atoms with Crippen LogP contribution in [0.1, 0.15) is 44.1 Å². The smallest absolute Gasteiger partial charge is 0.240 e. The topological polar surface area (TPSA) is 85.4 Å². The van der Waals surface area contributed by atoms with Gasteiger partial charge in [-0.1, -0.05) is 12.1 Å². The fourth-order valence-corrected chi connectivity index (χ4v) is 4.84. The number of ether oxygens (including phenoxy) is 3. The maximum Gasteiger partial charge on any atom is 0.240 e. The highest BCUT2D eigenvalue weighted by atomic mass is 16.5. The van der Waals surface area contributed by atoms with E-state index in [-0.39, 0.29) is 49.8 Å². The van der Waals surface area contributed by atoms with Crippen LogP contribution < -0.4 is 4.74 Å². The number of rotatable bonds is 10. The molecule has 0 aliphatic carbocycles. The Kier molecular flexibility index (Phi) is 8.26. The van der Waals surface area contributed by atoms with Crippen LogP contribution in [-0.4, -0.2) is 81.2 Å². The molecule has 3 rings (SSSR count). The molecule has 2 heterocycles. The molecule has 1 aromatic rings. The molecule has 0 saturated carbocycles. The highest BCUT2D eigenvalue weighted by molar-refractivity contribution is 6.10. The van der Waals surface area contributed by atoms with Gasteiger partial charge in [-0.15, -0.1) is 0 Å². The molecule has 2 saturated heterocycles. The predicted octanol–water partition coefficient (Wildman–Crippen LogP) is 2.15. The van der Waals surface area contributed by atoms with Gasteiger partial charge in [0.05, 0.1) is 25.7 Å². The van der Waals surface area contributed by atoms with Crippen molar-refractivity contribution in [3.05, 3.63) is 29.8 Å². The summed E-state index contributed by atoms with van der Waals surface area (Å²) in [6.07, 6.45) is 3.62. The zero-order valence-corrected chi connectivity index (χ0v) is 19.3. The number of benzene rings is 1. The largest absolute Gasteiger partial charge is 0.497 e. The second-order valence-electron chi connectivity index (χ2n) is 8.53. The van der Waals surface area contributed by atoms with Crippen LogP contribution in [0.4, 0.5) is 0 Å². The number of hydrogen-bond acceptors (Lipinski definition) is 6. The minimum atomic E-state index is -1.24. The number of hydrogen-bond donors (Lipinski definition) is 0. The Labute approximate surface area is 189 Å². The zero-order chi connectivity index (χ0) is 23.1. The minimum Gasteiger partial charge on any atom is -0.497 e. The quantitative estimate of drug-likeness (QED) is 0.512. The van der Waals surface area contributed by atoms with E-state index >= 15 is 0 Å². The average Bonchev–Trinajstić information content (AvgIpc) is 3.06. The molecule has 0 N–H and O–H groups in total. The van der Waals surface area contributed by atoms with Crippen molar-refractivity contribution in [2.75, 3.05) is 47.6 Å². The van der Waals surface area contributed by atoms with E-state index in [1.165, 1.54) is 12.0 Å². The van der Waals surface area contributed by atoms with Crippen LogP contribution in [0, 0.1) is 0 Å². The lowest BCUT2D eigenvalue weighted by Crippen LogP contribution is -2.48. The van der Waals surface area contributed by atoms with Gasteiger partial charge in [0.2, 0.25) is 17.7 Å². The van der Waals surface area contributed by atoms with E-state index in [1.807, 2.05) is 4.90 Å². The fourth-order valence-electron chi connectivity index (χ4n) is 4.84. The van der Waals surface area contributed by atoms with Gasteiger partial charge in [-0.05, 0) is 43.4 Å². The number of imide groups is 1. The number of likely N-dealkylation sites (tertiary alicyclic amines) is 2. The van der Waals surface area contributed by atoms with Gasteiger partial charge in [0.1, 0.15) is 5.75 Å². The molecule has 0 spiro atoms. The van der Waals surface area contributed by atoms with Crippen molar-refractivity contribution in [1.82, 2.24) is 9.80 Å². The molecule has 0 bridgehead atoms. The number of carbonyl (C=O) groups excluding carboxylic acids is 3. The van der Waals surface area contributed by atoms with Crippen LogP contribution >= 0.6 is 0 Å². The van der Waals surface area contributed by atoms with Crippen LogP contribution in [0.5, 0.6) is 5.75 Å². The van der Waals surface area contributed by atoms with Crippen molar-refractivity contribution in [2.24, 2.45) is 0 Å². The SMILES string of the molecule is COCCC1CCCCN1C(=O)CC1(c2cccc(OC)c2)CC(=O)N(CCOC)C1=O. The Balaban J connectivity index is 1.93. The normalized spacial score (nSPS) is 23.7. The first kappa shape index (κ1) is 24.2. The molecule has 2 aliphatic rings. The number of nitrogens with zero attached hydrogens (tertiary/aromatic N) is 2. The van der Waals surface area contributed by atoms with Gasteiger partial charge < -0.3 is 19.1 Å². The van der Waals surface area contributed by atoms with E-state index in [4.69, 9.17) is 14.2 Å². The van der Waals surface area contributed by atoms with Crippen molar-refractivity contribution >= 4 is 17.7 Å². The zero-order valence-electron chi connectivity index (χ0n) is 19.3. The highest BCUT2D eigenvalue weighted by Crippen LogP contribution is 2.42. The standard InChI is InChI=1S/C24H34N2O6/c1-30-13-10-19-8-4-5-11-25(19)21(27)16-24(18-7-6-9-20(15-18)32-3)17-22(28)26(23(24)29)12-14-31-2/h6-7,9,15,19H,4-5,8,10-14,16-17H2,1-3H3. The molecule has 2 atom stereocenters. The predicted molar refractivity (Wildman–Crippen MR) is 118 cm³/mol. The lowest BCUT2D eigenvalue weighted by molar-refractivity contribution is -0.144. The molecular weight excluding hydrogens is 412 g/mol. The van der Waals surface area contributed by atoms with E-state index in [0.717, 1.165) is 25.7 Å². The fraction of sp³-hybridized carbons (Fsp3) is 0.625. The second kappa shape index (κ2) is 10.9. The molecular formula is C24H34N2O6. The van der Waals surface area contributed by atoms with Gasteiger partial charge in [-0.3, -0.25) is 19.3 Å². The van der Waals surface area contributed by atoms with Gasteiger partial charge in [-0.2, -0.15) is 0 Å². The van der Waals surface area contributed by atoms with Crippen LogP contribution in [-0.2, 0) is 29.3 Å². The third-order valence-electron chi connectivity index (χ3n) is 6.61. The van der Waals surface area contributed by atoms with Gasteiger partial charge in [0.25, 0.3) is 0 Å². The summed E-state index contributed by atoms with van der Waals surface area (Å²) in [7, 11) is 4.74. The Hall–Kier alpha value is -2.45. The summed E-state index contributed by atoms with van der Waals surface area (Å²) in [6.45, 7) is 1.67. The van der Waals surface area contributed by atoms with Crippen LogP contribution in [0.25, 0.3) is 0 Å². The Morgan fingerprint density at radius 3 is 2.62 bits per heavy atom. The van der Waals surface area contributed by atoms with Gasteiger partial charge in [0.15, 0.2) is 0 Å². The molecule has 2 fully saturated rings. The van der Waals surface area contributed by atoms with Crippen LogP contribution in [0.15, 0.2) is 24.3 Å². The van der Waals surface area contributed by atoms with E-state index in [2.05, 4.69) is 0 Å². The van der Waals surface area contributed by atoms with Gasteiger partial charge in [0, 0.05) is 46.3 Å². The molecule has 0 aromatic heterocycles. The molecule has 2 unspecified atom stereocenters. The highest BCUT2D eigenvalue weighted by Gasteiger charge is 2.54. The van der Waals surface area contributed by atoms with Crippen molar-refractivity contribution in [1.29, 1.82) is 0 Å². The summed E-state index contributed by atoms with van der Waals surface area (Å²) in [6, 6.07) is 7.23. The first-order valence-electron chi connectivity index (χ1n) is 11.2. The number of methoxy groups -OCH3 is 3. The summed E-state index contributed by atoms with van der Waals surface area (Å²) in [5.74, 6) is -0.131. The number of piperidine rings is 1. The Morgan fingerprint density at radius 2 is 1.91 bits per heavy atom. The van der Waals surface area contributed by atoms with E-state index in [9.17, 15) is 14.4 Å². The summed E-state index contributed by atoms with van der Waals surface area (Å²) in [4.78, 5) is 43.2. The third-order valence-corrected chi connectivity index (χ3v) is 6.61. The summed E-state index contributed by atoms with van der Waals surface area (Å²) in [5, 5.41) is 0. The Bertz CT molecular complexity index is 828. The van der Waals surface area contributed by atoms with Gasteiger partial charge in [-0.25, -0.2) is 0 Å². The van der Waals surface area contributed by atoms with Crippen molar-refractivity contribution in [2.45, 2.75) is 50.0 Å². The summed E-state index contributed by atoms with van der Waals surface area (Å²) >= 11 is 0. The third kappa shape index (κ3) is 4.96. The van der Waals surface area contributed by atoms with E-state index < -0.39 is 5.41 Å². The first-order chi connectivity index (χ1) is 15.5. The number of carbonyl (C=O) groups is 3. The first-order valence-corrected chi connectivity index (χ1v) is 11.2. The molecule has 8 nitrogen and oxygen atoms in total. The van der Waals surface area contributed by atoms with Crippen LogP contribution in [0.3, 0.4) is 0 Å². The van der Waals surface area contributed by atoms with E-state index in [1.54, 1.807) is 38.5 Å². The minimum absolute atomic E-state index is 0.0367. The monoisotopic (exact) mass is 446 g/mol. The van der Waals surface area contributed by atoms with Crippen LogP contribution in [0.2, 0.25) is 0 Å². The maximum absolute atomic E-state index is 13.6. The molecule has 176 valence electrons. The molecule has 3 amide bonds. The molecule has 0 radical (unpaired) electrons. The van der Waals surface area contributed by atoms with Crippen molar-refractivity contribution in [3.8, 4) is 5.75 Å². The molecule has 1 aromatic carbocycles. The molecule has 32 heavy (non-hydrogen) atoms. The maximum atomic E-state index is 13.6.